The Hall–Kier alpha value is -0.910. The summed E-state index contributed by atoms with van der Waals surface area (Å²) < 4.78 is 23.8. The van der Waals surface area contributed by atoms with Gasteiger partial charge in [-0.25, -0.2) is 8.42 Å². The third-order valence-corrected chi connectivity index (χ3v) is 6.75. The van der Waals surface area contributed by atoms with Gasteiger partial charge in [0.15, 0.2) is 9.84 Å². The zero-order valence-electron chi connectivity index (χ0n) is 13.4. The first-order valence-corrected chi connectivity index (χ1v) is 8.83. The van der Waals surface area contributed by atoms with Crippen LogP contribution in [-0.4, -0.2) is 37.2 Å². The van der Waals surface area contributed by atoms with E-state index >= 15 is 0 Å². The Morgan fingerprint density at radius 3 is 2.05 bits per heavy atom. The van der Waals surface area contributed by atoms with E-state index in [1.165, 1.54) is 0 Å². The molecule has 0 aliphatic carbocycles. The summed E-state index contributed by atoms with van der Waals surface area (Å²) in [5, 5.41) is 9.82. The predicted molar refractivity (Wildman–Crippen MR) is 87.2 cm³/mol. The molecule has 0 radical (unpaired) electrons. The van der Waals surface area contributed by atoms with Crippen molar-refractivity contribution in [1.82, 2.24) is 0 Å². The van der Waals surface area contributed by atoms with Crippen molar-refractivity contribution in [3.05, 3.63) is 35.4 Å². The van der Waals surface area contributed by atoms with Crippen molar-refractivity contribution >= 4 is 9.84 Å². The van der Waals surface area contributed by atoms with Gasteiger partial charge in [0, 0.05) is 12.0 Å². The molecule has 5 heteroatoms. The van der Waals surface area contributed by atoms with E-state index in [1.807, 2.05) is 31.2 Å². The van der Waals surface area contributed by atoms with Crippen LogP contribution in [-0.2, 0) is 15.3 Å². The van der Waals surface area contributed by atoms with E-state index in [-0.39, 0.29) is 18.9 Å². The maximum absolute atomic E-state index is 12.3. The molecule has 0 saturated heterocycles. The van der Waals surface area contributed by atoms with Crippen LogP contribution in [0.4, 0.5) is 0 Å². The van der Waals surface area contributed by atoms with E-state index in [0.717, 1.165) is 11.1 Å². The molecule has 0 amide bonds. The van der Waals surface area contributed by atoms with Crippen LogP contribution in [0.15, 0.2) is 24.3 Å². The van der Waals surface area contributed by atoms with E-state index < -0.39 is 20.0 Å². The van der Waals surface area contributed by atoms with Gasteiger partial charge in [-0.3, -0.25) is 0 Å². The molecule has 1 aromatic rings. The smallest absolute Gasteiger partial charge is 0.155 e. The Balaban J connectivity index is 3.05. The van der Waals surface area contributed by atoms with Crippen molar-refractivity contribution in [3.8, 4) is 0 Å². The topological polar surface area (TPSA) is 80.4 Å². The molecule has 0 aliphatic heterocycles. The highest BCUT2D eigenvalue weighted by atomic mass is 32.2. The maximum atomic E-state index is 12.3. The SMILES string of the molecule is Cc1ccc(C(CN)(CO)CCS(=O)(=O)C(C)(C)C)cc1. The van der Waals surface area contributed by atoms with Crippen molar-refractivity contribution in [2.75, 3.05) is 18.9 Å². The second-order valence-corrected chi connectivity index (χ2v) is 9.55. The minimum absolute atomic E-state index is 0.0160. The predicted octanol–water partition coefficient (Wildman–Crippen LogP) is 1.79. The van der Waals surface area contributed by atoms with E-state index in [1.54, 1.807) is 20.8 Å². The van der Waals surface area contributed by atoms with Crippen LogP contribution in [0, 0.1) is 6.92 Å². The number of sulfone groups is 1. The second-order valence-electron chi connectivity index (χ2n) is 6.69. The van der Waals surface area contributed by atoms with Crippen LogP contribution in [0.1, 0.15) is 38.3 Å². The van der Waals surface area contributed by atoms with Crippen molar-refractivity contribution in [1.29, 1.82) is 0 Å². The normalized spacial score (nSPS) is 15.7. The molecule has 1 unspecified atom stereocenters. The van der Waals surface area contributed by atoms with Gasteiger partial charge < -0.3 is 10.8 Å². The number of aryl methyl sites for hydroxylation is 1. The lowest BCUT2D eigenvalue weighted by atomic mass is 9.78. The quantitative estimate of drug-likeness (QED) is 0.839. The fourth-order valence-corrected chi connectivity index (χ4v) is 3.41. The Kier molecular flexibility index (Phi) is 5.58. The fourth-order valence-electron chi connectivity index (χ4n) is 2.14. The van der Waals surface area contributed by atoms with Crippen molar-refractivity contribution in [2.24, 2.45) is 5.73 Å². The maximum Gasteiger partial charge on any atom is 0.155 e. The minimum atomic E-state index is -3.23. The van der Waals surface area contributed by atoms with Crippen molar-refractivity contribution < 1.29 is 13.5 Å². The number of hydrogen-bond donors (Lipinski definition) is 2. The Bertz CT molecular complexity index is 552. The summed E-state index contributed by atoms with van der Waals surface area (Å²) in [7, 11) is -3.23. The Labute approximate surface area is 128 Å². The summed E-state index contributed by atoms with van der Waals surface area (Å²) in [6, 6.07) is 7.74. The molecule has 0 aromatic heterocycles. The Morgan fingerprint density at radius 2 is 1.67 bits per heavy atom. The number of nitrogens with two attached hydrogens (primary N) is 1. The minimum Gasteiger partial charge on any atom is -0.395 e. The van der Waals surface area contributed by atoms with Gasteiger partial charge in [-0.05, 0) is 39.7 Å². The van der Waals surface area contributed by atoms with Gasteiger partial charge in [0.1, 0.15) is 0 Å². The molecule has 1 rings (SSSR count). The monoisotopic (exact) mass is 313 g/mol. The zero-order valence-corrected chi connectivity index (χ0v) is 14.2. The second kappa shape index (κ2) is 6.46. The van der Waals surface area contributed by atoms with Gasteiger partial charge in [0.25, 0.3) is 0 Å². The first-order valence-electron chi connectivity index (χ1n) is 7.18. The van der Waals surface area contributed by atoms with Gasteiger partial charge in [0.2, 0.25) is 0 Å². The molecule has 0 aliphatic rings. The standard InChI is InChI=1S/C16H27NO3S/c1-13-5-7-14(8-6-13)16(11-17,12-18)9-10-21(19,20)15(2,3)4/h5-8,18H,9-12,17H2,1-4H3. The first kappa shape index (κ1) is 18.1. The first-order chi connectivity index (χ1) is 9.58. The number of aliphatic hydroxyl groups excluding tert-OH is 1. The van der Waals surface area contributed by atoms with Crippen molar-refractivity contribution in [2.45, 2.75) is 44.3 Å². The molecule has 3 N–H and O–H groups in total. The molecule has 21 heavy (non-hydrogen) atoms. The summed E-state index contributed by atoms with van der Waals surface area (Å²) in [5.74, 6) is 0.0160. The van der Waals surface area contributed by atoms with Gasteiger partial charge in [-0.1, -0.05) is 29.8 Å². The molecule has 1 atom stereocenters. The summed E-state index contributed by atoms with van der Waals surface area (Å²) in [5.41, 5.74) is 7.18. The van der Waals surface area contributed by atoms with Crippen LogP contribution in [0.2, 0.25) is 0 Å². The number of aliphatic hydroxyl groups is 1. The summed E-state index contributed by atoms with van der Waals surface area (Å²) in [6.45, 7) is 7.11. The molecule has 4 nitrogen and oxygen atoms in total. The highest BCUT2D eigenvalue weighted by Crippen LogP contribution is 2.29. The number of benzene rings is 1. The van der Waals surface area contributed by atoms with Crippen LogP contribution in [0.5, 0.6) is 0 Å². The molecule has 1 aromatic carbocycles. The number of rotatable bonds is 6. The van der Waals surface area contributed by atoms with E-state index in [0.29, 0.717) is 6.42 Å². The summed E-state index contributed by atoms with van der Waals surface area (Å²) in [6.07, 6.45) is 0.322. The third kappa shape index (κ3) is 4.05. The van der Waals surface area contributed by atoms with Crippen LogP contribution in [0.25, 0.3) is 0 Å². The summed E-state index contributed by atoms with van der Waals surface area (Å²) in [4.78, 5) is 0. The zero-order chi connectivity index (χ0) is 16.3. The van der Waals surface area contributed by atoms with Crippen LogP contribution in [0.3, 0.4) is 0 Å². The third-order valence-electron chi connectivity index (χ3n) is 4.14. The highest BCUT2D eigenvalue weighted by Gasteiger charge is 2.35. The largest absolute Gasteiger partial charge is 0.395 e. The molecule has 120 valence electrons. The van der Waals surface area contributed by atoms with Crippen molar-refractivity contribution in [3.63, 3.8) is 0 Å². The summed E-state index contributed by atoms with van der Waals surface area (Å²) >= 11 is 0. The average molecular weight is 313 g/mol. The highest BCUT2D eigenvalue weighted by molar-refractivity contribution is 7.92. The van der Waals surface area contributed by atoms with Gasteiger partial charge in [-0.2, -0.15) is 0 Å². The molecule has 0 spiro atoms. The van der Waals surface area contributed by atoms with Gasteiger partial charge in [0.05, 0.1) is 17.1 Å². The molecular weight excluding hydrogens is 286 g/mol. The van der Waals surface area contributed by atoms with Crippen LogP contribution < -0.4 is 5.73 Å². The number of hydrogen-bond acceptors (Lipinski definition) is 4. The van der Waals surface area contributed by atoms with Gasteiger partial charge in [-0.15, -0.1) is 0 Å². The Morgan fingerprint density at radius 1 is 1.14 bits per heavy atom. The fraction of sp³-hybridized carbons (Fsp3) is 0.625. The molecular formula is C16H27NO3S. The molecule has 0 bridgehead atoms. The average Bonchev–Trinajstić information content (AvgIpc) is 2.41. The lowest BCUT2D eigenvalue weighted by Crippen LogP contribution is -2.42. The molecule has 0 heterocycles. The molecule has 0 fully saturated rings. The van der Waals surface area contributed by atoms with E-state index in [9.17, 15) is 13.5 Å². The van der Waals surface area contributed by atoms with E-state index in [4.69, 9.17) is 5.73 Å². The lowest BCUT2D eigenvalue weighted by Gasteiger charge is -2.32. The lowest BCUT2D eigenvalue weighted by molar-refractivity contribution is 0.193. The van der Waals surface area contributed by atoms with Gasteiger partial charge >= 0.3 is 0 Å². The van der Waals surface area contributed by atoms with E-state index in [2.05, 4.69) is 0 Å². The molecule has 0 saturated carbocycles. The van der Waals surface area contributed by atoms with Crippen LogP contribution >= 0.6 is 0 Å².